The van der Waals surface area contributed by atoms with Crippen molar-refractivity contribution in [2.75, 3.05) is 6.26 Å². The Bertz CT molecular complexity index is 468. The summed E-state index contributed by atoms with van der Waals surface area (Å²) in [5.74, 6) is 0. The van der Waals surface area contributed by atoms with Crippen molar-refractivity contribution in [1.82, 2.24) is 4.98 Å². The van der Waals surface area contributed by atoms with Crippen LogP contribution in [-0.4, -0.2) is 15.8 Å². The molecule has 1 radical (unpaired) electrons. The Labute approximate surface area is 86.2 Å². The second-order valence-corrected chi connectivity index (χ2v) is 4.49. The first-order valence-electron chi connectivity index (χ1n) is 4.23. The van der Waals surface area contributed by atoms with Crippen LogP contribution in [0.5, 0.6) is 0 Å². The molecule has 2 nitrogen and oxygen atoms in total. The third-order valence-corrected chi connectivity index (χ3v) is 2.97. The summed E-state index contributed by atoms with van der Waals surface area (Å²) in [7, 11) is 0. The van der Waals surface area contributed by atoms with Gasteiger partial charge in [-0.05, 0) is 36.3 Å². The number of aromatic nitrogens is 1. The highest BCUT2D eigenvalue weighted by Gasteiger charge is 2.05. The quantitative estimate of drug-likeness (QED) is 0.667. The van der Waals surface area contributed by atoms with Crippen molar-refractivity contribution in [3.8, 4) is 0 Å². The standard InChI is InChI=1S/C11H10NOS/c1-8-3-4-9-7-10(14(2)13)5-6-11(9)12-8/h3-7H,1H2,2H3. The lowest BCUT2D eigenvalue weighted by atomic mass is 10.2. The molecular formula is C11H10NOS. The highest BCUT2D eigenvalue weighted by atomic mass is 32.2. The minimum atomic E-state index is -0.934. The maximum atomic E-state index is 11.2. The van der Waals surface area contributed by atoms with Crippen LogP contribution >= 0.6 is 0 Å². The van der Waals surface area contributed by atoms with E-state index in [1.165, 1.54) is 0 Å². The first-order chi connectivity index (χ1) is 6.66. The zero-order chi connectivity index (χ0) is 10.1. The number of fused-ring (bicyclic) bond motifs is 1. The monoisotopic (exact) mass is 204 g/mol. The van der Waals surface area contributed by atoms with Crippen molar-refractivity contribution < 1.29 is 4.55 Å². The molecule has 1 aromatic heterocycles. The molecule has 1 heterocycles. The average Bonchev–Trinajstić information content (AvgIpc) is 2.16. The van der Waals surface area contributed by atoms with E-state index in [9.17, 15) is 4.55 Å². The summed E-state index contributed by atoms with van der Waals surface area (Å²) in [6.07, 6.45) is 1.67. The molecule has 2 rings (SSSR count). The summed E-state index contributed by atoms with van der Waals surface area (Å²) >= 11 is -0.934. The van der Waals surface area contributed by atoms with Gasteiger partial charge in [0, 0.05) is 17.1 Å². The minimum absolute atomic E-state index is 0.753. The smallest absolute Gasteiger partial charge is 0.153 e. The average molecular weight is 204 g/mol. The van der Waals surface area contributed by atoms with Crippen LogP contribution in [0.15, 0.2) is 35.2 Å². The Hall–Kier alpha value is -1.06. The van der Waals surface area contributed by atoms with Gasteiger partial charge >= 0.3 is 0 Å². The molecule has 1 aromatic carbocycles. The third kappa shape index (κ3) is 1.74. The summed E-state index contributed by atoms with van der Waals surface area (Å²) in [5.41, 5.74) is 1.65. The van der Waals surface area contributed by atoms with Crippen LogP contribution in [0.2, 0.25) is 0 Å². The molecule has 2 aromatic rings. The molecule has 0 saturated carbocycles. The first kappa shape index (κ1) is 9.49. The molecule has 71 valence electrons. The van der Waals surface area contributed by atoms with Gasteiger partial charge in [0.15, 0.2) is 4.90 Å². The zero-order valence-corrected chi connectivity index (χ0v) is 8.67. The molecule has 0 N–H and O–H groups in total. The molecule has 14 heavy (non-hydrogen) atoms. The van der Waals surface area contributed by atoms with Gasteiger partial charge in [-0.3, -0.25) is 4.98 Å². The van der Waals surface area contributed by atoms with Gasteiger partial charge in [-0.1, -0.05) is 6.07 Å². The van der Waals surface area contributed by atoms with Gasteiger partial charge in [0.1, 0.15) is 6.26 Å². The van der Waals surface area contributed by atoms with E-state index in [2.05, 4.69) is 11.9 Å². The van der Waals surface area contributed by atoms with Crippen LogP contribution in [-0.2, 0) is 11.2 Å². The Morgan fingerprint density at radius 1 is 1.29 bits per heavy atom. The van der Waals surface area contributed by atoms with Crippen molar-refractivity contribution in [3.05, 3.63) is 42.9 Å². The predicted octanol–water partition coefficient (Wildman–Crippen LogP) is 2.15. The summed E-state index contributed by atoms with van der Waals surface area (Å²) in [4.78, 5) is 5.10. The maximum Gasteiger partial charge on any atom is 0.153 e. The zero-order valence-electron chi connectivity index (χ0n) is 7.86. The Morgan fingerprint density at radius 2 is 2.07 bits per heavy atom. The van der Waals surface area contributed by atoms with Gasteiger partial charge in [0.25, 0.3) is 0 Å². The van der Waals surface area contributed by atoms with E-state index < -0.39 is 11.2 Å². The number of hydrogen-bond acceptors (Lipinski definition) is 2. The fourth-order valence-electron chi connectivity index (χ4n) is 1.32. The molecular weight excluding hydrogens is 194 g/mol. The summed E-state index contributed by atoms with van der Waals surface area (Å²) in [6.45, 7) is 3.76. The first-order valence-corrected chi connectivity index (χ1v) is 5.79. The topological polar surface area (TPSA) is 36.0 Å². The second kappa shape index (κ2) is 3.59. The van der Waals surface area contributed by atoms with Crippen molar-refractivity contribution in [3.63, 3.8) is 0 Å². The van der Waals surface area contributed by atoms with Crippen LogP contribution in [0.25, 0.3) is 10.9 Å². The molecule has 0 spiro atoms. The minimum Gasteiger partial charge on any atom is -0.612 e. The molecule has 1 atom stereocenters. The Kier molecular flexibility index (Phi) is 2.44. The number of rotatable bonds is 1. The van der Waals surface area contributed by atoms with E-state index in [0.717, 1.165) is 21.5 Å². The van der Waals surface area contributed by atoms with Gasteiger partial charge in [-0.15, -0.1) is 0 Å². The van der Waals surface area contributed by atoms with Gasteiger partial charge in [-0.25, -0.2) is 0 Å². The third-order valence-electron chi connectivity index (χ3n) is 2.05. The van der Waals surface area contributed by atoms with Crippen molar-refractivity contribution in [2.45, 2.75) is 4.90 Å². The number of pyridine rings is 1. The molecule has 0 amide bonds. The molecule has 0 fully saturated rings. The van der Waals surface area contributed by atoms with E-state index in [-0.39, 0.29) is 0 Å². The summed E-state index contributed by atoms with van der Waals surface area (Å²) < 4.78 is 11.2. The van der Waals surface area contributed by atoms with Gasteiger partial charge in [0.05, 0.1) is 5.52 Å². The second-order valence-electron chi connectivity index (χ2n) is 3.11. The van der Waals surface area contributed by atoms with Crippen molar-refractivity contribution in [1.29, 1.82) is 0 Å². The van der Waals surface area contributed by atoms with E-state index in [0.29, 0.717) is 0 Å². The molecule has 0 aliphatic heterocycles. The molecule has 0 bridgehead atoms. The molecule has 3 heteroatoms. The number of hydrogen-bond donors (Lipinski definition) is 0. The van der Waals surface area contributed by atoms with Gasteiger partial charge < -0.3 is 4.55 Å². The largest absolute Gasteiger partial charge is 0.612 e. The molecule has 0 saturated heterocycles. The lowest BCUT2D eigenvalue weighted by Gasteiger charge is -2.05. The summed E-state index contributed by atoms with van der Waals surface area (Å²) in [5, 5.41) is 1.00. The van der Waals surface area contributed by atoms with E-state index in [4.69, 9.17) is 0 Å². The van der Waals surface area contributed by atoms with Gasteiger partial charge in [0.2, 0.25) is 0 Å². The Morgan fingerprint density at radius 3 is 2.79 bits per heavy atom. The SMILES string of the molecule is [CH2]c1ccc2cc([S+](C)[O-])ccc2n1. The lowest BCUT2D eigenvalue weighted by molar-refractivity contribution is 0.601. The van der Waals surface area contributed by atoms with E-state index >= 15 is 0 Å². The van der Waals surface area contributed by atoms with Crippen LogP contribution < -0.4 is 0 Å². The lowest BCUT2D eigenvalue weighted by Crippen LogP contribution is -1.96. The molecule has 0 aliphatic carbocycles. The van der Waals surface area contributed by atoms with Crippen LogP contribution in [0.4, 0.5) is 0 Å². The predicted molar refractivity (Wildman–Crippen MR) is 58.5 cm³/mol. The van der Waals surface area contributed by atoms with Crippen molar-refractivity contribution >= 4 is 22.1 Å². The number of benzene rings is 1. The van der Waals surface area contributed by atoms with Crippen LogP contribution in [0.3, 0.4) is 0 Å². The molecule has 0 aliphatic rings. The fraction of sp³-hybridized carbons (Fsp3) is 0.0909. The summed E-state index contributed by atoms with van der Waals surface area (Å²) in [6, 6.07) is 9.41. The maximum absolute atomic E-state index is 11.2. The van der Waals surface area contributed by atoms with Crippen LogP contribution in [0, 0.1) is 6.92 Å². The highest BCUT2D eigenvalue weighted by molar-refractivity contribution is 7.90. The normalized spacial score (nSPS) is 13.1. The van der Waals surface area contributed by atoms with Crippen molar-refractivity contribution in [2.24, 2.45) is 0 Å². The van der Waals surface area contributed by atoms with E-state index in [1.807, 2.05) is 30.3 Å². The fourth-order valence-corrected chi connectivity index (χ4v) is 1.88. The van der Waals surface area contributed by atoms with Gasteiger partial charge in [-0.2, -0.15) is 0 Å². The van der Waals surface area contributed by atoms with E-state index in [1.54, 1.807) is 6.26 Å². The molecule has 1 unspecified atom stereocenters. The Balaban J connectivity index is 2.62. The van der Waals surface area contributed by atoms with Crippen LogP contribution in [0.1, 0.15) is 5.69 Å². The highest BCUT2D eigenvalue weighted by Crippen LogP contribution is 2.17. The number of nitrogens with zero attached hydrogens (tertiary/aromatic N) is 1.